The molecule has 2 aliphatic rings. The highest BCUT2D eigenvalue weighted by Gasteiger charge is 2.68. The number of esters is 1. The molecule has 1 aromatic rings. The molecule has 2 heterocycles. The van der Waals surface area contributed by atoms with Gasteiger partial charge in [0.1, 0.15) is 18.3 Å². The number of phenols is 2. The molecule has 2 fully saturated rings. The molecule has 6 N–H and O–H groups in total. The van der Waals surface area contributed by atoms with Crippen LogP contribution < -0.4 is 0 Å². The molecule has 0 aliphatic carbocycles. The average Bonchev–Trinajstić information content (AvgIpc) is 3.03. The van der Waals surface area contributed by atoms with Gasteiger partial charge >= 0.3 is 17.7 Å². The summed E-state index contributed by atoms with van der Waals surface area (Å²) in [5.41, 5.74) is 0.339. The Kier molecular flexibility index (Phi) is 5.28. The van der Waals surface area contributed by atoms with Gasteiger partial charge in [-0.25, -0.2) is 9.59 Å². The van der Waals surface area contributed by atoms with Gasteiger partial charge in [0.2, 0.25) is 0 Å². The van der Waals surface area contributed by atoms with Crippen molar-refractivity contribution in [2.24, 2.45) is 0 Å². The zero-order valence-corrected chi connectivity index (χ0v) is 14.2. The molecule has 11 heteroatoms. The molecule has 0 radical (unpaired) electrons. The van der Waals surface area contributed by atoms with Crippen LogP contribution >= 0.6 is 0 Å². The number of carboxylic acids is 1. The molecule has 2 bridgehead atoms. The predicted molar refractivity (Wildman–Crippen MR) is 87.9 cm³/mol. The van der Waals surface area contributed by atoms with Crippen molar-refractivity contribution in [2.75, 3.05) is 6.61 Å². The molecule has 3 rings (SSSR count). The van der Waals surface area contributed by atoms with E-state index in [0.29, 0.717) is 5.56 Å². The molecule has 0 spiro atoms. The first-order valence-corrected chi connectivity index (χ1v) is 8.16. The standard InChI is InChI=1S/C17H18O11/c18-6-10-13-12(22)14(15(23)17(27-10,28-13)16(24)25)26-11(21)4-2-7-1-3-8(19)9(20)5-7/h1-5,10,12-15,18-20,22-23H,6H2,(H,24,25)/b4-2+/t10-,12+,13-,14+,15-,17+/m1/s1. The van der Waals surface area contributed by atoms with Crippen molar-refractivity contribution in [3.05, 3.63) is 29.8 Å². The van der Waals surface area contributed by atoms with Crippen LogP contribution in [-0.4, -0.2) is 85.5 Å². The Bertz CT molecular complexity index is 802. The maximum Gasteiger partial charge on any atom is 0.367 e. The second kappa shape index (κ2) is 7.37. The molecule has 152 valence electrons. The lowest BCUT2D eigenvalue weighted by Gasteiger charge is -2.39. The van der Waals surface area contributed by atoms with Gasteiger partial charge < -0.3 is 44.8 Å². The third-order valence-corrected chi connectivity index (χ3v) is 4.52. The van der Waals surface area contributed by atoms with Crippen LogP contribution in [0, 0.1) is 0 Å². The first-order chi connectivity index (χ1) is 13.2. The van der Waals surface area contributed by atoms with E-state index in [9.17, 15) is 40.2 Å². The molecule has 6 atom stereocenters. The van der Waals surface area contributed by atoms with Gasteiger partial charge in [0, 0.05) is 6.08 Å². The number of carbonyl (C=O) groups is 2. The summed E-state index contributed by atoms with van der Waals surface area (Å²) in [6, 6.07) is 3.78. The molecule has 0 saturated carbocycles. The zero-order valence-electron chi connectivity index (χ0n) is 14.2. The molecule has 28 heavy (non-hydrogen) atoms. The van der Waals surface area contributed by atoms with Crippen molar-refractivity contribution < 1.29 is 54.4 Å². The fourth-order valence-electron chi connectivity index (χ4n) is 3.10. The highest BCUT2D eigenvalue weighted by molar-refractivity contribution is 5.87. The number of benzene rings is 1. The van der Waals surface area contributed by atoms with Crippen LogP contribution in [0.2, 0.25) is 0 Å². The van der Waals surface area contributed by atoms with Crippen molar-refractivity contribution >= 4 is 18.0 Å². The van der Waals surface area contributed by atoms with E-state index < -0.39 is 60.6 Å². The highest BCUT2D eigenvalue weighted by atomic mass is 16.8. The van der Waals surface area contributed by atoms with E-state index in [1.807, 2.05) is 0 Å². The topological polar surface area (TPSA) is 183 Å². The molecule has 0 unspecified atom stereocenters. The Morgan fingerprint density at radius 1 is 1.18 bits per heavy atom. The van der Waals surface area contributed by atoms with Crippen molar-refractivity contribution in [2.45, 2.75) is 36.3 Å². The smallest absolute Gasteiger partial charge is 0.367 e. The molecule has 11 nitrogen and oxygen atoms in total. The first-order valence-electron chi connectivity index (χ1n) is 8.16. The number of aliphatic carboxylic acids is 1. The highest BCUT2D eigenvalue weighted by Crippen LogP contribution is 2.42. The Balaban J connectivity index is 1.77. The van der Waals surface area contributed by atoms with Gasteiger partial charge in [0.15, 0.2) is 23.7 Å². The lowest BCUT2D eigenvalue weighted by Crippen LogP contribution is -2.64. The minimum absolute atomic E-state index is 0.339. The van der Waals surface area contributed by atoms with Crippen molar-refractivity contribution in [1.82, 2.24) is 0 Å². The lowest BCUT2D eigenvalue weighted by molar-refractivity contribution is -0.291. The van der Waals surface area contributed by atoms with Gasteiger partial charge in [0.25, 0.3) is 0 Å². The summed E-state index contributed by atoms with van der Waals surface area (Å²) in [4.78, 5) is 23.6. The minimum atomic E-state index is -2.59. The van der Waals surface area contributed by atoms with Gasteiger partial charge in [-0.3, -0.25) is 0 Å². The van der Waals surface area contributed by atoms with Gasteiger partial charge in [-0.2, -0.15) is 0 Å². The fraction of sp³-hybridized carbons (Fsp3) is 0.412. The van der Waals surface area contributed by atoms with E-state index in [-0.39, 0.29) is 5.75 Å². The maximum atomic E-state index is 12.1. The number of carboxylic acid groups (broad SMARTS) is 1. The number of hydrogen-bond donors (Lipinski definition) is 6. The van der Waals surface area contributed by atoms with Crippen LogP contribution in [-0.2, 0) is 23.8 Å². The number of hydrogen-bond acceptors (Lipinski definition) is 10. The average molecular weight is 398 g/mol. The summed E-state index contributed by atoms with van der Waals surface area (Å²) >= 11 is 0. The van der Waals surface area contributed by atoms with Crippen LogP contribution in [0.3, 0.4) is 0 Å². The molecule has 0 amide bonds. The molecule has 2 aliphatic heterocycles. The number of rotatable bonds is 5. The van der Waals surface area contributed by atoms with E-state index in [0.717, 1.165) is 6.08 Å². The van der Waals surface area contributed by atoms with Crippen LogP contribution in [0.15, 0.2) is 24.3 Å². The number of aromatic hydroxyl groups is 2. The second-order valence-electron chi connectivity index (χ2n) is 6.31. The third kappa shape index (κ3) is 3.30. The van der Waals surface area contributed by atoms with Crippen molar-refractivity contribution in [3.63, 3.8) is 0 Å². The molecular weight excluding hydrogens is 380 g/mol. The van der Waals surface area contributed by atoms with E-state index in [1.54, 1.807) is 0 Å². The van der Waals surface area contributed by atoms with Crippen LogP contribution in [0.25, 0.3) is 6.08 Å². The Morgan fingerprint density at radius 2 is 1.89 bits per heavy atom. The largest absolute Gasteiger partial charge is 0.504 e. The summed E-state index contributed by atoms with van der Waals surface area (Å²) in [6.45, 7) is -0.686. The van der Waals surface area contributed by atoms with Gasteiger partial charge in [-0.15, -0.1) is 0 Å². The number of fused-ring (bicyclic) bond motifs is 2. The lowest BCUT2D eigenvalue weighted by atomic mass is 9.93. The van der Waals surface area contributed by atoms with Crippen LogP contribution in [0.4, 0.5) is 0 Å². The second-order valence-corrected chi connectivity index (χ2v) is 6.31. The number of phenolic OH excluding ortho intramolecular Hbond substituents is 2. The summed E-state index contributed by atoms with van der Waals surface area (Å²) < 4.78 is 15.2. The minimum Gasteiger partial charge on any atom is -0.504 e. The number of aliphatic hydroxyl groups excluding tert-OH is 3. The Hall–Kier alpha value is -2.70. The normalized spacial score (nSPS) is 34.5. The molecule has 1 aromatic carbocycles. The van der Waals surface area contributed by atoms with Gasteiger partial charge in [0.05, 0.1) is 6.61 Å². The summed E-state index contributed by atoms with van der Waals surface area (Å²) in [6.07, 6.45) is -5.84. The monoisotopic (exact) mass is 398 g/mol. The van der Waals surface area contributed by atoms with Crippen LogP contribution in [0.1, 0.15) is 5.56 Å². The molecule has 2 saturated heterocycles. The Labute approximate surface area is 157 Å². The summed E-state index contributed by atoms with van der Waals surface area (Å²) in [5.74, 6) is -6.07. The zero-order chi connectivity index (χ0) is 20.6. The maximum absolute atomic E-state index is 12.1. The number of ether oxygens (including phenoxy) is 3. The van der Waals surface area contributed by atoms with Gasteiger partial charge in [-0.05, 0) is 23.8 Å². The number of carbonyl (C=O) groups excluding carboxylic acids is 1. The Morgan fingerprint density at radius 3 is 2.50 bits per heavy atom. The summed E-state index contributed by atoms with van der Waals surface area (Å²) in [7, 11) is 0. The third-order valence-electron chi connectivity index (χ3n) is 4.52. The molecular formula is C17H18O11. The van der Waals surface area contributed by atoms with Crippen LogP contribution in [0.5, 0.6) is 11.5 Å². The molecule has 0 aromatic heterocycles. The SMILES string of the molecule is O=C(/C=C/c1ccc(O)c(O)c1)O[C@H]1[C@@H](O)[C@@H]2O[C@@](C(=O)O)(O[C@@H]2CO)[C@@H]1O. The van der Waals surface area contributed by atoms with Gasteiger partial charge in [-0.1, -0.05) is 6.07 Å². The first kappa shape index (κ1) is 20.0. The quantitative estimate of drug-likeness (QED) is 0.189. The van der Waals surface area contributed by atoms with Crippen molar-refractivity contribution in [3.8, 4) is 11.5 Å². The predicted octanol–water partition coefficient (Wildman–Crippen LogP) is -1.68. The van der Waals surface area contributed by atoms with E-state index in [2.05, 4.69) is 0 Å². The van der Waals surface area contributed by atoms with E-state index in [1.165, 1.54) is 24.3 Å². The van der Waals surface area contributed by atoms with E-state index in [4.69, 9.17) is 14.2 Å². The fourth-order valence-corrected chi connectivity index (χ4v) is 3.10. The van der Waals surface area contributed by atoms with E-state index >= 15 is 0 Å². The van der Waals surface area contributed by atoms with Crippen molar-refractivity contribution in [1.29, 1.82) is 0 Å². The summed E-state index contributed by atoms with van der Waals surface area (Å²) in [5, 5.41) is 57.9. The number of aliphatic hydroxyl groups is 3.